The molecule has 1 aromatic rings. The van der Waals surface area contributed by atoms with Gasteiger partial charge in [-0.25, -0.2) is 9.37 Å². The number of carbonyl (C=O) groups excluding carboxylic acids is 1. The van der Waals surface area contributed by atoms with Crippen molar-refractivity contribution in [3.05, 3.63) is 36.3 Å². The van der Waals surface area contributed by atoms with Gasteiger partial charge in [-0.1, -0.05) is 6.08 Å². The number of rotatable bonds is 5. The Bertz CT molecular complexity index is 711. The highest BCUT2D eigenvalue weighted by atomic mass is 19.1. The van der Waals surface area contributed by atoms with E-state index in [1.165, 1.54) is 18.0 Å². The lowest BCUT2D eigenvalue weighted by atomic mass is 9.73. The van der Waals surface area contributed by atoms with Gasteiger partial charge < -0.3 is 14.8 Å². The summed E-state index contributed by atoms with van der Waals surface area (Å²) in [5.41, 5.74) is -0.908. The summed E-state index contributed by atoms with van der Waals surface area (Å²) in [5.74, 6) is -1.14. The monoisotopic (exact) mass is 348 g/mol. The Kier molecular flexibility index (Phi) is 4.71. The Hall–Kier alpha value is -2.48. The molecule has 0 aromatic carbocycles. The minimum Gasteiger partial charge on any atom is -0.477 e. The van der Waals surface area contributed by atoms with E-state index in [-0.39, 0.29) is 29.9 Å². The highest BCUT2D eigenvalue weighted by Gasteiger charge is 2.53. The van der Waals surface area contributed by atoms with Crippen LogP contribution in [0.4, 0.5) is 4.39 Å². The Morgan fingerprint density at radius 3 is 3.24 bits per heavy atom. The Balaban J connectivity index is 2.01. The van der Waals surface area contributed by atoms with E-state index >= 15 is 0 Å². The van der Waals surface area contributed by atoms with Crippen LogP contribution in [0.15, 0.2) is 24.9 Å². The summed E-state index contributed by atoms with van der Waals surface area (Å²) < 4.78 is 25.7. The van der Waals surface area contributed by atoms with Gasteiger partial charge in [-0.05, 0) is 12.8 Å². The Morgan fingerprint density at radius 2 is 2.48 bits per heavy atom. The molecule has 3 rings (SSSR count). The van der Waals surface area contributed by atoms with Crippen LogP contribution in [-0.4, -0.2) is 48.6 Å². The second-order valence-electron chi connectivity index (χ2n) is 6.16. The molecule has 0 aliphatic carbocycles. The first-order valence-electron chi connectivity index (χ1n) is 8.11. The largest absolute Gasteiger partial charge is 0.477 e. The van der Waals surface area contributed by atoms with Gasteiger partial charge in [-0.15, -0.1) is 6.58 Å². The predicted molar refractivity (Wildman–Crippen MR) is 88.7 cm³/mol. The van der Waals surface area contributed by atoms with Crippen LogP contribution < -0.4 is 10.1 Å². The summed E-state index contributed by atoms with van der Waals surface area (Å²) in [6.45, 7) is 4.50. The quantitative estimate of drug-likeness (QED) is 0.620. The van der Waals surface area contributed by atoms with Gasteiger partial charge in [-0.2, -0.15) is 0 Å². The van der Waals surface area contributed by atoms with E-state index in [0.717, 1.165) is 6.20 Å². The van der Waals surface area contributed by atoms with E-state index in [0.29, 0.717) is 26.1 Å². The topological polar surface area (TPSA) is 87.5 Å². The molecule has 1 unspecified atom stereocenters. The van der Waals surface area contributed by atoms with Gasteiger partial charge in [0.1, 0.15) is 11.4 Å². The van der Waals surface area contributed by atoms with Crippen molar-refractivity contribution in [1.82, 2.24) is 15.2 Å². The summed E-state index contributed by atoms with van der Waals surface area (Å²) >= 11 is 0. The number of amides is 1. The van der Waals surface area contributed by atoms with Crippen molar-refractivity contribution in [1.29, 1.82) is 5.41 Å². The second-order valence-corrected chi connectivity index (χ2v) is 6.16. The minimum atomic E-state index is -1.14. The van der Waals surface area contributed by atoms with Gasteiger partial charge in [0.2, 0.25) is 11.8 Å². The van der Waals surface area contributed by atoms with E-state index in [2.05, 4.69) is 16.9 Å². The van der Waals surface area contributed by atoms with Crippen molar-refractivity contribution in [3.63, 3.8) is 0 Å². The third-order valence-electron chi connectivity index (χ3n) is 4.66. The van der Waals surface area contributed by atoms with Crippen LogP contribution in [0, 0.1) is 17.1 Å². The molecule has 1 aromatic heterocycles. The molecular formula is C17H21FN4O3. The first kappa shape index (κ1) is 17.3. The van der Waals surface area contributed by atoms with E-state index in [1.54, 1.807) is 6.08 Å². The molecule has 2 fully saturated rings. The number of aromatic nitrogens is 1. The van der Waals surface area contributed by atoms with Crippen LogP contribution in [-0.2, 0) is 15.1 Å². The molecule has 1 amide bonds. The number of hydrogen-bond acceptors (Lipinski definition) is 5. The fourth-order valence-corrected chi connectivity index (χ4v) is 3.30. The number of nitrogens with one attached hydrogen (secondary N) is 2. The Morgan fingerprint density at radius 1 is 1.68 bits per heavy atom. The van der Waals surface area contributed by atoms with E-state index in [9.17, 15) is 9.18 Å². The zero-order valence-electron chi connectivity index (χ0n) is 14.0. The van der Waals surface area contributed by atoms with Gasteiger partial charge in [0, 0.05) is 25.3 Å². The normalized spacial score (nSPS) is 26.0. The molecule has 2 aliphatic heterocycles. The molecule has 8 heteroatoms. The fourth-order valence-electron chi connectivity index (χ4n) is 3.30. The van der Waals surface area contributed by atoms with Crippen molar-refractivity contribution in [3.8, 4) is 5.88 Å². The van der Waals surface area contributed by atoms with Crippen molar-refractivity contribution in [2.45, 2.75) is 18.4 Å². The summed E-state index contributed by atoms with van der Waals surface area (Å²) in [6, 6.07) is 1.49. The molecule has 7 nitrogen and oxygen atoms in total. The number of nitrogens with zero attached hydrogens (tertiary/aromatic N) is 2. The number of hydrogen-bond donors (Lipinski definition) is 2. The predicted octanol–water partition coefficient (Wildman–Crippen LogP) is 1.40. The van der Waals surface area contributed by atoms with Crippen molar-refractivity contribution in [2.75, 3.05) is 26.9 Å². The first-order valence-corrected chi connectivity index (χ1v) is 8.11. The summed E-state index contributed by atoms with van der Waals surface area (Å²) in [5, 5.41) is 11.0. The Labute approximate surface area is 145 Å². The van der Waals surface area contributed by atoms with Gasteiger partial charge in [0.05, 0.1) is 25.3 Å². The first-order chi connectivity index (χ1) is 12.0. The van der Waals surface area contributed by atoms with E-state index in [4.69, 9.17) is 14.9 Å². The number of guanidine groups is 1. The standard InChI is InChI=1S/C17H21FN4O3/c1-3-4-6-25-14-8-12(13(18)9-20-14)17-10-24-7-5-11(17)15(23)22(2)16(19)21-17/h3,8-9,11H,1,4-7,10H2,2H3,(H2,19,21)/t11?,17-/m0/s1. The van der Waals surface area contributed by atoms with Gasteiger partial charge in [0.15, 0.2) is 5.96 Å². The molecule has 0 bridgehead atoms. The summed E-state index contributed by atoms with van der Waals surface area (Å²) in [4.78, 5) is 17.9. The third kappa shape index (κ3) is 2.97. The van der Waals surface area contributed by atoms with Crippen LogP contribution in [0.2, 0.25) is 0 Å². The van der Waals surface area contributed by atoms with E-state index in [1.807, 2.05) is 0 Å². The zero-order chi connectivity index (χ0) is 18.0. The highest BCUT2D eigenvalue weighted by molar-refractivity contribution is 6.00. The maximum atomic E-state index is 14.6. The minimum absolute atomic E-state index is 0.0860. The lowest BCUT2D eigenvalue weighted by Crippen LogP contribution is -2.68. The van der Waals surface area contributed by atoms with Crippen LogP contribution in [0.3, 0.4) is 0 Å². The van der Waals surface area contributed by atoms with Crippen LogP contribution in [0.5, 0.6) is 5.88 Å². The molecule has 2 atom stereocenters. The van der Waals surface area contributed by atoms with Crippen LogP contribution in [0.1, 0.15) is 18.4 Å². The summed E-state index contributed by atoms with van der Waals surface area (Å²) in [7, 11) is 1.53. The molecule has 2 saturated heterocycles. The van der Waals surface area contributed by atoms with Gasteiger partial charge in [-0.3, -0.25) is 15.1 Å². The van der Waals surface area contributed by atoms with E-state index < -0.39 is 17.3 Å². The van der Waals surface area contributed by atoms with Crippen molar-refractivity contribution < 1.29 is 18.7 Å². The van der Waals surface area contributed by atoms with Gasteiger partial charge in [0.25, 0.3) is 0 Å². The maximum Gasteiger partial charge on any atom is 0.235 e. The molecule has 134 valence electrons. The van der Waals surface area contributed by atoms with Crippen LogP contribution in [0.25, 0.3) is 0 Å². The summed E-state index contributed by atoms with van der Waals surface area (Å²) in [6.07, 6.45) is 3.87. The molecule has 0 radical (unpaired) electrons. The van der Waals surface area contributed by atoms with Gasteiger partial charge >= 0.3 is 0 Å². The molecular weight excluding hydrogens is 327 g/mol. The molecule has 0 saturated carbocycles. The zero-order valence-corrected chi connectivity index (χ0v) is 14.0. The number of halogens is 1. The highest BCUT2D eigenvalue weighted by Crippen LogP contribution is 2.41. The number of ether oxygens (including phenoxy) is 2. The number of carbonyl (C=O) groups is 1. The molecule has 0 spiro atoms. The SMILES string of the molecule is C=CCCOc1cc([C@]23COCCC2C(=O)N(C)C(=N)N3)c(F)cn1. The van der Waals surface area contributed by atoms with Crippen LogP contribution >= 0.6 is 0 Å². The lowest BCUT2D eigenvalue weighted by molar-refractivity contribution is -0.143. The molecule has 2 aliphatic rings. The average Bonchev–Trinajstić information content (AvgIpc) is 2.61. The van der Waals surface area contributed by atoms with Crippen molar-refractivity contribution in [2.24, 2.45) is 5.92 Å². The number of fused-ring (bicyclic) bond motifs is 1. The maximum absolute atomic E-state index is 14.6. The van der Waals surface area contributed by atoms with Crippen molar-refractivity contribution >= 4 is 11.9 Å². The fraction of sp³-hybridized carbons (Fsp3) is 0.471. The molecule has 2 N–H and O–H groups in total. The number of pyridine rings is 1. The lowest BCUT2D eigenvalue weighted by Gasteiger charge is -2.49. The third-order valence-corrected chi connectivity index (χ3v) is 4.66. The smallest absolute Gasteiger partial charge is 0.235 e. The molecule has 3 heterocycles. The second kappa shape index (κ2) is 6.79. The average molecular weight is 348 g/mol. The molecule has 25 heavy (non-hydrogen) atoms.